The largest absolute Gasteiger partial charge is 4.00 e. The first kappa shape index (κ1) is 35.0. The molecule has 46 heavy (non-hydrogen) atoms. The van der Waals surface area contributed by atoms with E-state index in [0.717, 1.165) is 47.0 Å². The van der Waals surface area contributed by atoms with E-state index in [2.05, 4.69) is 84.9 Å². The van der Waals surface area contributed by atoms with Gasteiger partial charge in [0.1, 0.15) is 23.0 Å². The topological polar surface area (TPSA) is 36.9 Å². The Labute approximate surface area is 292 Å². The molecule has 1 fully saturated rings. The summed E-state index contributed by atoms with van der Waals surface area (Å²) < 4.78 is 22.4. The molecule has 0 amide bonds. The van der Waals surface area contributed by atoms with Gasteiger partial charge < -0.3 is 33.8 Å². The van der Waals surface area contributed by atoms with Gasteiger partial charge in [-0.2, -0.15) is 12.1 Å². The van der Waals surface area contributed by atoms with Crippen LogP contribution in [0, 0.1) is 14.9 Å². The van der Waals surface area contributed by atoms with Crippen LogP contribution in [0.2, 0.25) is 0 Å². The van der Waals surface area contributed by atoms with Crippen LogP contribution in [0.15, 0.2) is 97.1 Å². The summed E-state index contributed by atoms with van der Waals surface area (Å²) >= 11 is 0. The number of ether oxygens (including phenoxy) is 4. The van der Waals surface area contributed by atoms with Crippen molar-refractivity contribution in [3.8, 4) is 45.3 Å². The molecule has 5 heteroatoms. The Balaban J connectivity index is 0.00000160. The summed E-state index contributed by atoms with van der Waals surface area (Å²) in [5, 5.41) is 5.06. The molecule has 0 aromatic heterocycles. The predicted octanol–water partition coefficient (Wildman–Crippen LogP) is 10.6. The zero-order valence-electron chi connectivity index (χ0n) is 27.7. The fourth-order valence-electron chi connectivity index (χ4n) is 7.17. The Bertz CT molecular complexity index is 1760. The van der Waals surface area contributed by atoms with Gasteiger partial charge in [-0.1, -0.05) is 36.1 Å². The normalized spacial score (nSPS) is 13.4. The van der Waals surface area contributed by atoms with Crippen molar-refractivity contribution in [2.75, 3.05) is 28.4 Å². The molecule has 0 spiro atoms. The van der Waals surface area contributed by atoms with E-state index in [0.29, 0.717) is 0 Å². The van der Waals surface area contributed by atoms with Gasteiger partial charge in [0.05, 0.1) is 28.4 Å². The second kappa shape index (κ2) is 14.3. The third kappa shape index (κ3) is 6.02. The smallest absolute Gasteiger partial charge is 0.497 e. The van der Waals surface area contributed by atoms with Crippen molar-refractivity contribution >= 4 is 21.5 Å². The fourth-order valence-corrected chi connectivity index (χ4v) is 7.17. The molecule has 0 radical (unpaired) electrons. The number of hydrogen-bond donors (Lipinski definition) is 0. The van der Waals surface area contributed by atoms with Crippen molar-refractivity contribution in [2.24, 2.45) is 0 Å². The first-order valence-corrected chi connectivity index (χ1v) is 14.9. The summed E-state index contributed by atoms with van der Waals surface area (Å²) in [6.45, 7) is 0. The molecule has 0 atom stereocenters. The first-order chi connectivity index (χ1) is 21.0. The second-order valence-corrected chi connectivity index (χ2v) is 11.6. The molecule has 4 nitrogen and oxygen atoms in total. The zero-order chi connectivity index (χ0) is 29.6. The molecule has 6 aromatic rings. The van der Waals surface area contributed by atoms with Crippen LogP contribution in [0.25, 0.3) is 43.8 Å². The van der Waals surface area contributed by atoms with E-state index in [-0.39, 0.29) is 46.1 Å². The third-order valence-corrected chi connectivity index (χ3v) is 9.39. The standard InChI is InChI=1S/C39H36O4.2CH3.Hf/c1-40-31-17-27(18-32(23-31)41-2)35-11-7-9-25-15-29(21-37(25)35)39(13-5-6-14-39)30-16-26-10-8-12-36(38(26)22-30)28-19-33(42-3)24-34(20-28)43-4;;;/h7-12,15-24H,5-6,13-14H2,1-4H3;2*1H3;/q-2;2*-1;+4. The van der Waals surface area contributed by atoms with Crippen LogP contribution in [-0.4, -0.2) is 28.4 Å². The van der Waals surface area contributed by atoms with Gasteiger partial charge in [-0.15, -0.1) is 69.1 Å². The van der Waals surface area contributed by atoms with E-state index in [1.165, 1.54) is 56.6 Å². The van der Waals surface area contributed by atoms with Crippen LogP contribution in [0.4, 0.5) is 0 Å². The van der Waals surface area contributed by atoms with Crippen LogP contribution >= 0.6 is 0 Å². The SMILES string of the molecule is COc1cc(OC)cc(-c2cccc3[cH-]c(C4(c5cc6c(-c7cc(OC)cc(OC)c7)cccc6[cH-]5)CCCC4)cc23)c1.[CH3-].[CH3-].[Hf+4]. The molecule has 234 valence electrons. The van der Waals surface area contributed by atoms with Crippen molar-refractivity contribution in [2.45, 2.75) is 31.1 Å². The summed E-state index contributed by atoms with van der Waals surface area (Å²) in [7, 11) is 6.79. The summed E-state index contributed by atoms with van der Waals surface area (Å²) in [6, 6.07) is 35.1. The molecule has 0 N–H and O–H groups in total. The Morgan fingerprint density at radius 1 is 0.522 bits per heavy atom. The van der Waals surface area contributed by atoms with E-state index < -0.39 is 0 Å². The van der Waals surface area contributed by atoms with Crippen LogP contribution in [0.1, 0.15) is 36.8 Å². The molecule has 0 saturated heterocycles. The number of fused-ring (bicyclic) bond motifs is 2. The zero-order valence-corrected chi connectivity index (χ0v) is 31.3. The molecular weight excluding hydrogens is 735 g/mol. The first-order valence-electron chi connectivity index (χ1n) is 14.9. The molecular formula is C41H42HfO4. The van der Waals surface area contributed by atoms with Gasteiger partial charge in [-0.25, -0.2) is 0 Å². The van der Waals surface area contributed by atoms with Gasteiger partial charge in [0.2, 0.25) is 0 Å². The average molecular weight is 777 g/mol. The summed E-state index contributed by atoms with van der Waals surface area (Å²) in [5.74, 6) is 3.16. The van der Waals surface area contributed by atoms with Crippen molar-refractivity contribution < 1.29 is 44.8 Å². The monoisotopic (exact) mass is 778 g/mol. The van der Waals surface area contributed by atoms with Crippen molar-refractivity contribution in [1.82, 2.24) is 0 Å². The molecule has 0 unspecified atom stereocenters. The molecule has 0 bridgehead atoms. The van der Waals surface area contributed by atoms with E-state index in [1.54, 1.807) is 28.4 Å². The molecule has 0 aliphatic heterocycles. The minimum absolute atomic E-state index is 0. The van der Waals surface area contributed by atoms with E-state index >= 15 is 0 Å². The van der Waals surface area contributed by atoms with Gasteiger partial charge in [-0.3, -0.25) is 0 Å². The maximum atomic E-state index is 5.59. The predicted molar refractivity (Wildman–Crippen MR) is 188 cm³/mol. The van der Waals surface area contributed by atoms with Gasteiger partial charge in [0.25, 0.3) is 0 Å². The fraction of sp³-hybridized carbons (Fsp3) is 0.220. The second-order valence-electron chi connectivity index (χ2n) is 11.6. The Hall–Kier alpha value is -3.83. The number of rotatable bonds is 8. The summed E-state index contributed by atoms with van der Waals surface area (Å²) in [4.78, 5) is 0. The van der Waals surface area contributed by atoms with E-state index in [4.69, 9.17) is 18.9 Å². The molecule has 1 aliphatic rings. The summed E-state index contributed by atoms with van der Waals surface area (Å²) in [5.41, 5.74) is 7.36. The van der Waals surface area contributed by atoms with Crippen molar-refractivity contribution in [3.63, 3.8) is 0 Å². The molecule has 0 heterocycles. The Morgan fingerprint density at radius 2 is 0.891 bits per heavy atom. The van der Waals surface area contributed by atoms with Crippen LogP contribution in [0.5, 0.6) is 23.0 Å². The average Bonchev–Trinajstić information content (AvgIpc) is 3.82. The number of hydrogen-bond acceptors (Lipinski definition) is 4. The van der Waals surface area contributed by atoms with Crippen molar-refractivity contribution in [3.05, 3.63) is 123 Å². The third-order valence-electron chi connectivity index (χ3n) is 9.39. The van der Waals surface area contributed by atoms with Crippen molar-refractivity contribution in [1.29, 1.82) is 0 Å². The molecule has 6 aromatic carbocycles. The van der Waals surface area contributed by atoms with E-state index in [1.807, 2.05) is 12.1 Å². The van der Waals surface area contributed by atoms with Gasteiger partial charge in [0, 0.05) is 12.1 Å². The van der Waals surface area contributed by atoms with E-state index in [9.17, 15) is 0 Å². The van der Waals surface area contributed by atoms with Gasteiger partial charge >= 0.3 is 25.8 Å². The summed E-state index contributed by atoms with van der Waals surface area (Å²) in [6.07, 6.45) is 4.74. The Morgan fingerprint density at radius 3 is 1.24 bits per heavy atom. The number of methoxy groups -OCH3 is 4. The van der Waals surface area contributed by atoms with Crippen LogP contribution < -0.4 is 18.9 Å². The van der Waals surface area contributed by atoms with Crippen LogP contribution in [0.3, 0.4) is 0 Å². The molecule has 1 aliphatic carbocycles. The Kier molecular flexibility index (Phi) is 10.9. The van der Waals surface area contributed by atoms with Gasteiger partial charge in [-0.05, 0) is 53.6 Å². The quantitative estimate of drug-likeness (QED) is 0.114. The molecule has 7 rings (SSSR count). The number of benzene rings is 4. The van der Waals surface area contributed by atoms with Crippen LogP contribution in [-0.2, 0) is 31.3 Å². The molecule has 1 saturated carbocycles. The minimum atomic E-state index is -0.0231. The van der Waals surface area contributed by atoms with Gasteiger partial charge in [0.15, 0.2) is 0 Å². The maximum absolute atomic E-state index is 5.59. The maximum Gasteiger partial charge on any atom is 4.00 e. The minimum Gasteiger partial charge on any atom is -0.497 e.